The highest BCUT2D eigenvalue weighted by atomic mass is 32.1. The first-order valence-corrected chi connectivity index (χ1v) is 6.44. The number of ether oxygens (including phenoxy) is 1. The lowest BCUT2D eigenvalue weighted by Crippen LogP contribution is -2.18. The summed E-state index contributed by atoms with van der Waals surface area (Å²) in [6.07, 6.45) is -3.88. The number of tetrazole rings is 1. The number of nitrogens with zero attached hydrogens (tertiary/aromatic N) is 4. The van der Waals surface area contributed by atoms with Gasteiger partial charge in [-0.3, -0.25) is 0 Å². The van der Waals surface area contributed by atoms with Crippen LogP contribution in [0, 0.1) is 0 Å². The molecule has 0 aliphatic carbocycles. The van der Waals surface area contributed by atoms with Gasteiger partial charge in [-0.05, 0) is 23.1 Å². The van der Waals surface area contributed by atoms with Gasteiger partial charge in [0.15, 0.2) is 0 Å². The molecule has 0 N–H and O–H groups in total. The first-order valence-electron chi connectivity index (χ1n) is 5.49. The number of thiophene rings is 1. The molecule has 0 bridgehead atoms. The summed E-state index contributed by atoms with van der Waals surface area (Å²) in [6, 6.07) is 1.87. The van der Waals surface area contributed by atoms with E-state index >= 15 is 0 Å². The molecule has 0 spiro atoms. The van der Waals surface area contributed by atoms with Crippen LogP contribution < -0.4 is 0 Å². The Morgan fingerprint density at radius 1 is 1.37 bits per heavy atom. The highest BCUT2D eigenvalue weighted by molar-refractivity contribution is 7.08. The molecule has 5 nitrogen and oxygen atoms in total. The van der Waals surface area contributed by atoms with Gasteiger partial charge in [-0.25, -0.2) is 0 Å². The highest BCUT2D eigenvalue weighted by Crippen LogP contribution is 2.16. The molecule has 104 valence electrons. The third kappa shape index (κ3) is 4.60. The van der Waals surface area contributed by atoms with Crippen LogP contribution in [0.3, 0.4) is 0 Å². The average Bonchev–Trinajstić information content (AvgIpc) is 2.97. The fraction of sp³-hybridized carbons (Fsp3) is 0.500. The number of aromatic nitrogens is 4. The normalized spacial score (nSPS) is 11.9. The zero-order valence-electron chi connectivity index (χ0n) is 9.80. The minimum Gasteiger partial charge on any atom is -0.372 e. The molecule has 0 aromatic carbocycles. The monoisotopic (exact) mass is 292 g/mol. The lowest BCUT2D eigenvalue weighted by Gasteiger charge is -2.06. The van der Waals surface area contributed by atoms with Crippen molar-refractivity contribution in [3.8, 4) is 11.4 Å². The second-order valence-corrected chi connectivity index (χ2v) is 4.52. The van der Waals surface area contributed by atoms with Crippen LogP contribution >= 0.6 is 11.3 Å². The van der Waals surface area contributed by atoms with E-state index in [1.54, 1.807) is 0 Å². The van der Waals surface area contributed by atoms with Crippen LogP contribution in [-0.4, -0.2) is 39.6 Å². The number of hydrogen-bond donors (Lipinski definition) is 0. The quantitative estimate of drug-likeness (QED) is 0.767. The van der Waals surface area contributed by atoms with Crippen molar-refractivity contribution < 1.29 is 17.9 Å². The molecule has 9 heteroatoms. The molecule has 0 atom stereocenters. The second-order valence-electron chi connectivity index (χ2n) is 3.74. The number of alkyl halides is 3. The number of aryl methyl sites for hydroxylation is 1. The fourth-order valence-electron chi connectivity index (χ4n) is 1.34. The van der Waals surface area contributed by atoms with Gasteiger partial charge in [0.2, 0.25) is 5.82 Å². The molecule has 0 fully saturated rings. The minimum atomic E-state index is -4.28. The average molecular weight is 292 g/mol. The zero-order chi connectivity index (χ0) is 13.7. The third-order valence-corrected chi connectivity index (χ3v) is 2.83. The maximum absolute atomic E-state index is 11.8. The summed E-state index contributed by atoms with van der Waals surface area (Å²) in [7, 11) is 0. The van der Waals surface area contributed by atoms with E-state index in [4.69, 9.17) is 0 Å². The van der Waals surface area contributed by atoms with Crippen molar-refractivity contribution in [2.75, 3.05) is 13.2 Å². The standard InChI is InChI=1S/C10H11F3N4OS/c11-10(12,13)7-18-4-1-3-17-15-9(14-16-17)8-2-5-19-6-8/h2,5-6H,1,3-4,7H2. The van der Waals surface area contributed by atoms with E-state index in [1.165, 1.54) is 16.1 Å². The molecule has 2 heterocycles. The van der Waals surface area contributed by atoms with Crippen LogP contribution in [0.5, 0.6) is 0 Å². The van der Waals surface area contributed by atoms with Gasteiger partial charge in [0.1, 0.15) is 6.61 Å². The van der Waals surface area contributed by atoms with Gasteiger partial charge in [-0.2, -0.15) is 29.3 Å². The van der Waals surface area contributed by atoms with Crippen LogP contribution in [0.4, 0.5) is 13.2 Å². The van der Waals surface area contributed by atoms with Crippen molar-refractivity contribution in [1.29, 1.82) is 0 Å². The largest absolute Gasteiger partial charge is 0.411 e. The SMILES string of the molecule is FC(F)(F)COCCCn1nnc(-c2ccsc2)n1. The fourth-order valence-corrected chi connectivity index (χ4v) is 1.98. The maximum Gasteiger partial charge on any atom is 0.411 e. The van der Waals surface area contributed by atoms with Crippen LogP contribution in [0.1, 0.15) is 6.42 Å². The molecule has 0 unspecified atom stereocenters. The first-order chi connectivity index (χ1) is 9.04. The van der Waals surface area contributed by atoms with E-state index in [2.05, 4.69) is 20.1 Å². The molecule has 19 heavy (non-hydrogen) atoms. The molecule has 2 rings (SSSR count). The highest BCUT2D eigenvalue weighted by Gasteiger charge is 2.27. The molecule has 0 aliphatic rings. The van der Waals surface area contributed by atoms with Crippen molar-refractivity contribution in [1.82, 2.24) is 20.2 Å². The van der Waals surface area contributed by atoms with Crippen molar-refractivity contribution in [3.63, 3.8) is 0 Å². The Labute approximate surface area is 111 Å². The van der Waals surface area contributed by atoms with Crippen LogP contribution in [0.25, 0.3) is 11.4 Å². The minimum absolute atomic E-state index is 0.00876. The van der Waals surface area contributed by atoms with Crippen molar-refractivity contribution >= 4 is 11.3 Å². The van der Waals surface area contributed by atoms with Gasteiger partial charge in [0.05, 0.1) is 6.54 Å². The Balaban J connectivity index is 1.72. The van der Waals surface area contributed by atoms with E-state index in [1.807, 2.05) is 16.8 Å². The topological polar surface area (TPSA) is 52.8 Å². The van der Waals surface area contributed by atoms with Gasteiger partial charge >= 0.3 is 6.18 Å². The van der Waals surface area contributed by atoms with E-state index in [0.29, 0.717) is 18.8 Å². The summed E-state index contributed by atoms with van der Waals surface area (Å²) < 4.78 is 39.9. The molecule has 0 amide bonds. The van der Waals surface area contributed by atoms with E-state index < -0.39 is 12.8 Å². The predicted octanol–water partition coefficient (Wildman–Crippen LogP) is 2.37. The van der Waals surface area contributed by atoms with E-state index in [-0.39, 0.29) is 6.61 Å². The Bertz CT molecular complexity index is 497. The second kappa shape index (κ2) is 6.11. The predicted molar refractivity (Wildman–Crippen MR) is 62.6 cm³/mol. The van der Waals surface area contributed by atoms with Crippen LogP contribution in [-0.2, 0) is 11.3 Å². The molecule has 0 saturated carbocycles. The van der Waals surface area contributed by atoms with Gasteiger partial charge in [-0.15, -0.1) is 10.2 Å². The van der Waals surface area contributed by atoms with Crippen LogP contribution in [0.2, 0.25) is 0 Å². The smallest absolute Gasteiger partial charge is 0.372 e. The molecule has 2 aromatic rings. The summed E-state index contributed by atoms with van der Waals surface area (Å²) in [5, 5.41) is 15.6. The van der Waals surface area contributed by atoms with Gasteiger partial charge < -0.3 is 4.74 Å². The molecular formula is C10H11F3N4OS. The zero-order valence-corrected chi connectivity index (χ0v) is 10.6. The third-order valence-electron chi connectivity index (χ3n) is 2.14. The Morgan fingerprint density at radius 2 is 2.21 bits per heavy atom. The summed E-state index contributed by atoms with van der Waals surface area (Å²) in [5.74, 6) is 0.512. The summed E-state index contributed by atoms with van der Waals surface area (Å²) in [4.78, 5) is 1.35. The van der Waals surface area contributed by atoms with Gasteiger partial charge in [0.25, 0.3) is 0 Å². The Kier molecular flexibility index (Phi) is 4.48. The molecule has 0 radical (unpaired) electrons. The number of hydrogen-bond acceptors (Lipinski definition) is 5. The molecular weight excluding hydrogens is 281 g/mol. The lowest BCUT2D eigenvalue weighted by atomic mass is 10.3. The van der Waals surface area contributed by atoms with Gasteiger partial charge in [-0.1, -0.05) is 0 Å². The first kappa shape index (κ1) is 13.9. The summed E-state index contributed by atoms with van der Waals surface area (Å²) in [6.45, 7) is -0.845. The van der Waals surface area contributed by atoms with Gasteiger partial charge in [0, 0.05) is 17.6 Å². The van der Waals surface area contributed by atoms with Crippen LogP contribution in [0.15, 0.2) is 16.8 Å². The summed E-state index contributed by atoms with van der Waals surface area (Å²) in [5.41, 5.74) is 0.879. The van der Waals surface area contributed by atoms with E-state index in [9.17, 15) is 13.2 Å². The number of halogens is 3. The number of rotatable bonds is 6. The molecule has 0 aliphatic heterocycles. The lowest BCUT2D eigenvalue weighted by molar-refractivity contribution is -0.174. The van der Waals surface area contributed by atoms with Crippen molar-refractivity contribution in [2.24, 2.45) is 0 Å². The van der Waals surface area contributed by atoms with Crippen molar-refractivity contribution in [3.05, 3.63) is 16.8 Å². The summed E-state index contributed by atoms with van der Waals surface area (Å²) >= 11 is 1.53. The molecule has 2 aromatic heterocycles. The maximum atomic E-state index is 11.8. The molecule has 0 saturated heterocycles. The van der Waals surface area contributed by atoms with E-state index in [0.717, 1.165) is 5.56 Å². The van der Waals surface area contributed by atoms with Crippen molar-refractivity contribution in [2.45, 2.75) is 19.1 Å². The Morgan fingerprint density at radius 3 is 2.89 bits per heavy atom. The Hall–Kier alpha value is -1.48.